The summed E-state index contributed by atoms with van der Waals surface area (Å²) < 4.78 is 7.09. The SMILES string of the molecule is CC(NC(=O)C1CC1c1nc2ccccc2[nH]1)c1cn(C(=O)OC(C)(C)C)c2ccccc12. The van der Waals surface area contributed by atoms with Gasteiger partial charge in [0, 0.05) is 29.0 Å². The van der Waals surface area contributed by atoms with Crippen molar-refractivity contribution in [3.63, 3.8) is 0 Å². The fourth-order valence-corrected chi connectivity index (χ4v) is 4.35. The monoisotopic (exact) mass is 444 g/mol. The highest BCUT2D eigenvalue weighted by Crippen LogP contribution is 2.47. The van der Waals surface area contributed by atoms with Crippen molar-refractivity contribution < 1.29 is 14.3 Å². The third kappa shape index (κ3) is 4.11. The molecule has 170 valence electrons. The van der Waals surface area contributed by atoms with Crippen LogP contribution >= 0.6 is 0 Å². The minimum atomic E-state index is -0.597. The van der Waals surface area contributed by atoms with Gasteiger partial charge in [0.05, 0.1) is 22.6 Å². The lowest BCUT2D eigenvalue weighted by molar-refractivity contribution is -0.123. The average Bonchev–Trinajstić information content (AvgIpc) is 3.29. The van der Waals surface area contributed by atoms with Crippen molar-refractivity contribution in [2.24, 2.45) is 5.92 Å². The van der Waals surface area contributed by atoms with E-state index in [9.17, 15) is 9.59 Å². The molecule has 7 heteroatoms. The van der Waals surface area contributed by atoms with Gasteiger partial charge in [-0.2, -0.15) is 0 Å². The van der Waals surface area contributed by atoms with E-state index in [2.05, 4.69) is 15.3 Å². The van der Waals surface area contributed by atoms with Crippen molar-refractivity contribution in [2.75, 3.05) is 0 Å². The molecule has 7 nitrogen and oxygen atoms in total. The maximum atomic E-state index is 13.0. The molecule has 1 aliphatic carbocycles. The topological polar surface area (TPSA) is 89.0 Å². The molecule has 1 saturated carbocycles. The van der Waals surface area contributed by atoms with Gasteiger partial charge in [0.2, 0.25) is 5.91 Å². The first-order chi connectivity index (χ1) is 15.7. The summed E-state index contributed by atoms with van der Waals surface area (Å²) in [5.41, 5.74) is 2.95. The molecule has 1 amide bonds. The number of hydrogen-bond acceptors (Lipinski definition) is 4. The van der Waals surface area contributed by atoms with Crippen molar-refractivity contribution in [1.29, 1.82) is 0 Å². The number of nitrogens with one attached hydrogen (secondary N) is 2. The highest BCUT2D eigenvalue weighted by Gasteiger charge is 2.46. The molecule has 2 aromatic carbocycles. The Kier molecular flexibility index (Phi) is 5.00. The number of nitrogens with zero attached hydrogens (tertiary/aromatic N) is 2. The van der Waals surface area contributed by atoms with Crippen LogP contribution in [-0.2, 0) is 9.53 Å². The molecule has 3 unspecified atom stereocenters. The molecule has 2 aromatic heterocycles. The van der Waals surface area contributed by atoms with Crippen LogP contribution in [0.25, 0.3) is 21.9 Å². The van der Waals surface area contributed by atoms with E-state index >= 15 is 0 Å². The molecule has 2 heterocycles. The maximum Gasteiger partial charge on any atom is 0.419 e. The predicted octanol–water partition coefficient (Wildman–Crippen LogP) is 5.28. The number of aromatic nitrogens is 3. The minimum Gasteiger partial charge on any atom is -0.443 e. The highest BCUT2D eigenvalue weighted by molar-refractivity contribution is 5.93. The van der Waals surface area contributed by atoms with E-state index in [-0.39, 0.29) is 23.8 Å². The molecular formula is C26H28N4O3. The summed E-state index contributed by atoms with van der Waals surface area (Å²) in [6.07, 6.45) is 2.11. The largest absolute Gasteiger partial charge is 0.443 e. The zero-order chi connectivity index (χ0) is 23.3. The van der Waals surface area contributed by atoms with Gasteiger partial charge in [-0.15, -0.1) is 0 Å². The summed E-state index contributed by atoms with van der Waals surface area (Å²) in [5, 5.41) is 4.06. The van der Waals surface area contributed by atoms with E-state index < -0.39 is 11.7 Å². The summed E-state index contributed by atoms with van der Waals surface area (Å²) in [6, 6.07) is 15.3. The fourth-order valence-electron chi connectivity index (χ4n) is 4.35. The molecule has 4 aromatic rings. The van der Waals surface area contributed by atoms with Crippen LogP contribution in [0.15, 0.2) is 54.7 Å². The van der Waals surface area contributed by atoms with E-state index in [0.29, 0.717) is 0 Å². The molecule has 2 N–H and O–H groups in total. The molecule has 0 bridgehead atoms. The van der Waals surface area contributed by atoms with E-state index in [1.807, 2.05) is 76.2 Å². The predicted molar refractivity (Wildman–Crippen MR) is 127 cm³/mol. The number of carbonyl (C=O) groups excluding carboxylic acids is 2. The lowest BCUT2D eigenvalue weighted by Crippen LogP contribution is -2.28. The molecule has 0 spiro atoms. The molecule has 0 aliphatic heterocycles. The third-order valence-electron chi connectivity index (χ3n) is 6.04. The van der Waals surface area contributed by atoms with Crippen molar-refractivity contribution in [3.8, 4) is 0 Å². The van der Waals surface area contributed by atoms with Crippen molar-refractivity contribution in [2.45, 2.75) is 51.7 Å². The van der Waals surface area contributed by atoms with Crippen LogP contribution in [0.3, 0.4) is 0 Å². The first-order valence-electron chi connectivity index (χ1n) is 11.3. The van der Waals surface area contributed by atoms with Crippen LogP contribution in [0, 0.1) is 5.92 Å². The summed E-state index contributed by atoms with van der Waals surface area (Å²) in [7, 11) is 0. The summed E-state index contributed by atoms with van der Waals surface area (Å²) >= 11 is 0. The number of imidazole rings is 1. The van der Waals surface area contributed by atoms with Crippen molar-refractivity contribution >= 4 is 33.9 Å². The number of ether oxygens (including phenoxy) is 1. The number of rotatable bonds is 4. The summed E-state index contributed by atoms with van der Waals surface area (Å²) in [5.74, 6) is 0.868. The van der Waals surface area contributed by atoms with Crippen LogP contribution in [0.4, 0.5) is 4.79 Å². The number of aromatic amines is 1. The molecule has 3 atom stereocenters. The Hall–Kier alpha value is -3.61. The Labute approximate surface area is 192 Å². The smallest absolute Gasteiger partial charge is 0.419 e. The Morgan fingerprint density at radius 3 is 2.64 bits per heavy atom. The van der Waals surface area contributed by atoms with Gasteiger partial charge in [0.25, 0.3) is 0 Å². The van der Waals surface area contributed by atoms with Gasteiger partial charge >= 0.3 is 6.09 Å². The number of carbonyl (C=O) groups is 2. The minimum absolute atomic E-state index is 0.00190. The van der Waals surface area contributed by atoms with Crippen LogP contribution in [0.1, 0.15) is 57.5 Å². The van der Waals surface area contributed by atoms with Crippen LogP contribution < -0.4 is 5.32 Å². The third-order valence-corrected chi connectivity index (χ3v) is 6.04. The van der Waals surface area contributed by atoms with Gasteiger partial charge < -0.3 is 15.0 Å². The van der Waals surface area contributed by atoms with Crippen molar-refractivity contribution in [3.05, 3.63) is 66.1 Å². The van der Waals surface area contributed by atoms with Gasteiger partial charge in [-0.05, 0) is 52.3 Å². The van der Waals surface area contributed by atoms with E-state index in [1.165, 1.54) is 4.57 Å². The second-order valence-electron chi connectivity index (χ2n) is 9.77. The first kappa shape index (κ1) is 21.2. The van der Waals surface area contributed by atoms with Gasteiger partial charge in [-0.25, -0.2) is 9.78 Å². The van der Waals surface area contributed by atoms with E-state index in [0.717, 1.165) is 39.7 Å². The van der Waals surface area contributed by atoms with Crippen LogP contribution in [-0.4, -0.2) is 32.1 Å². The number of H-pyrrole nitrogens is 1. The quantitative estimate of drug-likeness (QED) is 0.448. The number of para-hydroxylation sites is 3. The van der Waals surface area contributed by atoms with Crippen molar-refractivity contribution in [1.82, 2.24) is 19.9 Å². The first-order valence-corrected chi connectivity index (χ1v) is 11.3. The molecule has 0 saturated heterocycles. The molecule has 1 fully saturated rings. The average molecular weight is 445 g/mol. The number of hydrogen-bond donors (Lipinski definition) is 2. The zero-order valence-corrected chi connectivity index (χ0v) is 19.3. The number of amides is 1. The van der Waals surface area contributed by atoms with Gasteiger partial charge in [0.1, 0.15) is 11.4 Å². The Balaban J connectivity index is 1.33. The Bertz CT molecular complexity index is 1330. The van der Waals surface area contributed by atoms with Gasteiger partial charge in [-0.3, -0.25) is 9.36 Å². The number of benzene rings is 2. The molecule has 5 rings (SSSR count). The zero-order valence-electron chi connectivity index (χ0n) is 19.3. The maximum absolute atomic E-state index is 13.0. The van der Waals surface area contributed by atoms with Gasteiger partial charge in [0.15, 0.2) is 0 Å². The van der Waals surface area contributed by atoms with Crippen LogP contribution in [0.5, 0.6) is 0 Å². The van der Waals surface area contributed by atoms with E-state index in [4.69, 9.17) is 4.74 Å². The summed E-state index contributed by atoms with van der Waals surface area (Å²) in [4.78, 5) is 33.8. The second kappa shape index (κ2) is 7.76. The lowest BCUT2D eigenvalue weighted by atomic mass is 10.1. The normalized spacial score (nSPS) is 18.9. The van der Waals surface area contributed by atoms with Crippen LogP contribution in [0.2, 0.25) is 0 Å². The standard InChI is InChI=1S/C26H28N4O3/c1-15(19-14-30(25(32)33-26(2,3)4)22-12-8-5-9-16(19)22)27-24(31)18-13-17(18)23-28-20-10-6-7-11-21(20)29-23/h5-12,14-15,17-18H,13H2,1-4H3,(H,27,31)(H,28,29). The summed E-state index contributed by atoms with van der Waals surface area (Å²) in [6.45, 7) is 7.47. The fraction of sp³-hybridized carbons (Fsp3) is 0.346. The number of fused-ring (bicyclic) bond motifs is 2. The molecule has 1 aliphatic rings. The Morgan fingerprint density at radius 2 is 1.88 bits per heavy atom. The molecular weight excluding hydrogens is 416 g/mol. The second-order valence-corrected chi connectivity index (χ2v) is 9.77. The Morgan fingerprint density at radius 1 is 1.15 bits per heavy atom. The molecule has 33 heavy (non-hydrogen) atoms. The van der Waals surface area contributed by atoms with Gasteiger partial charge in [-0.1, -0.05) is 30.3 Å². The lowest BCUT2D eigenvalue weighted by Gasteiger charge is -2.19. The molecule has 0 radical (unpaired) electrons. The van der Waals surface area contributed by atoms with E-state index in [1.54, 1.807) is 6.20 Å². The highest BCUT2D eigenvalue weighted by atomic mass is 16.6.